The lowest BCUT2D eigenvalue weighted by Crippen LogP contribution is -2.10. The molecule has 1 aliphatic carbocycles. The van der Waals surface area contributed by atoms with Gasteiger partial charge in [-0.05, 0) is 42.4 Å². The van der Waals surface area contributed by atoms with E-state index in [9.17, 15) is 9.59 Å². The Morgan fingerprint density at radius 2 is 1.87 bits per heavy atom. The number of benzene rings is 2. The molecule has 0 aliphatic heterocycles. The van der Waals surface area contributed by atoms with E-state index in [2.05, 4.69) is 28.2 Å². The molecule has 2 aromatic carbocycles. The van der Waals surface area contributed by atoms with Gasteiger partial charge in [0.05, 0.1) is 11.1 Å². The van der Waals surface area contributed by atoms with Gasteiger partial charge in [0.1, 0.15) is 4.83 Å². The van der Waals surface area contributed by atoms with Crippen molar-refractivity contribution < 1.29 is 4.79 Å². The zero-order chi connectivity index (χ0) is 20.5. The number of hydrogen-bond donors (Lipinski definition) is 1. The van der Waals surface area contributed by atoms with Crippen molar-refractivity contribution in [3.05, 3.63) is 81.0 Å². The minimum atomic E-state index is -0.149. The van der Waals surface area contributed by atoms with Gasteiger partial charge in [0.25, 0.3) is 5.56 Å². The van der Waals surface area contributed by atoms with Crippen molar-refractivity contribution in [2.24, 2.45) is 0 Å². The van der Waals surface area contributed by atoms with Gasteiger partial charge < -0.3 is 4.98 Å². The SMILES string of the molecule is O=C(CSc1nc2scc(-c3ccc4c(c3)CCCC4)c2c(=O)[nH]1)c1ccccc1. The lowest BCUT2D eigenvalue weighted by atomic mass is 9.89. The van der Waals surface area contributed by atoms with Crippen LogP contribution in [-0.2, 0) is 12.8 Å². The summed E-state index contributed by atoms with van der Waals surface area (Å²) in [6.07, 6.45) is 4.73. The average molecular weight is 433 g/mol. The van der Waals surface area contributed by atoms with Gasteiger partial charge in [-0.2, -0.15) is 0 Å². The number of aromatic amines is 1. The van der Waals surface area contributed by atoms with Crippen LogP contribution in [0.2, 0.25) is 0 Å². The number of rotatable bonds is 5. The average Bonchev–Trinajstić information content (AvgIpc) is 3.22. The molecule has 6 heteroatoms. The smallest absolute Gasteiger partial charge is 0.260 e. The van der Waals surface area contributed by atoms with Crippen LogP contribution in [0.3, 0.4) is 0 Å². The van der Waals surface area contributed by atoms with E-state index < -0.39 is 0 Å². The van der Waals surface area contributed by atoms with E-state index in [0.717, 1.165) is 24.0 Å². The van der Waals surface area contributed by atoms with E-state index in [0.29, 0.717) is 20.9 Å². The number of fused-ring (bicyclic) bond motifs is 2. The van der Waals surface area contributed by atoms with E-state index in [1.54, 1.807) is 12.1 Å². The molecule has 30 heavy (non-hydrogen) atoms. The van der Waals surface area contributed by atoms with Crippen LogP contribution >= 0.6 is 23.1 Å². The van der Waals surface area contributed by atoms with Gasteiger partial charge in [0.15, 0.2) is 10.9 Å². The van der Waals surface area contributed by atoms with Crippen molar-refractivity contribution >= 4 is 39.1 Å². The van der Waals surface area contributed by atoms with Crippen LogP contribution < -0.4 is 5.56 Å². The summed E-state index contributed by atoms with van der Waals surface area (Å²) in [6, 6.07) is 15.7. The lowest BCUT2D eigenvalue weighted by molar-refractivity contribution is 0.102. The number of carbonyl (C=O) groups is 1. The van der Waals surface area contributed by atoms with Crippen LogP contribution in [0.1, 0.15) is 34.3 Å². The van der Waals surface area contributed by atoms with Crippen LogP contribution in [0, 0.1) is 0 Å². The fraction of sp³-hybridized carbons (Fsp3) is 0.208. The number of H-pyrrole nitrogens is 1. The van der Waals surface area contributed by atoms with Crippen molar-refractivity contribution in [3.8, 4) is 11.1 Å². The van der Waals surface area contributed by atoms with Gasteiger partial charge >= 0.3 is 0 Å². The summed E-state index contributed by atoms with van der Waals surface area (Å²) in [7, 11) is 0. The van der Waals surface area contributed by atoms with Gasteiger partial charge in [0.2, 0.25) is 0 Å². The number of ketones is 1. The zero-order valence-corrected chi connectivity index (χ0v) is 17.9. The first kappa shape index (κ1) is 19.3. The highest BCUT2D eigenvalue weighted by molar-refractivity contribution is 7.99. The third kappa shape index (κ3) is 3.73. The predicted molar refractivity (Wildman–Crippen MR) is 124 cm³/mol. The minimum Gasteiger partial charge on any atom is -0.301 e. The van der Waals surface area contributed by atoms with E-state index in [1.165, 1.54) is 47.1 Å². The van der Waals surface area contributed by atoms with Crippen LogP contribution in [0.4, 0.5) is 0 Å². The number of aryl methyl sites for hydroxylation is 2. The first-order valence-electron chi connectivity index (χ1n) is 10.0. The maximum Gasteiger partial charge on any atom is 0.260 e. The minimum absolute atomic E-state index is 0.0178. The molecular weight excluding hydrogens is 412 g/mol. The fourth-order valence-electron chi connectivity index (χ4n) is 3.95. The summed E-state index contributed by atoms with van der Waals surface area (Å²) in [5.41, 5.74) is 5.36. The highest BCUT2D eigenvalue weighted by atomic mass is 32.2. The summed E-state index contributed by atoms with van der Waals surface area (Å²) in [4.78, 5) is 33.4. The van der Waals surface area contributed by atoms with Crippen LogP contribution in [0.5, 0.6) is 0 Å². The summed E-state index contributed by atoms with van der Waals surface area (Å²) >= 11 is 2.74. The molecule has 0 fully saturated rings. The summed E-state index contributed by atoms with van der Waals surface area (Å²) in [6.45, 7) is 0. The monoisotopic (exact) mass is 432 g/mol. The maximum atomic E-state index is 12.9. The van der Waals surface area contributed by atoms with E-state index in [4.69, 9.17) is 0 Å². The van der Waals surface area contributed by atoms with Crippen molar-refractivity contribution in [1.29, 1.82) is 0 Å². The number of nitrogens with zero attached hydrogens (tertiary/aromatic N) is 1. The van der Waals surface area contributed by atoms with Crippen LogP contribution in [0.25, 0.3) is 21.3 Å². The number of hydrogen-bond acceptors (Lipinski definition) is 5. The molecular formula is C24H20N2O2S2. The first-order chi connectivity index (χ1) is 14.7. The fourth-order valence-corrected chi connectivity index (χ4v) is 5.71. The molecule has 150 valence electrons. The standard InChI is InChI=1S/C24H20N2O2S2/c27-20(16-7-2-1-3-8-16)14-30-24-25-22(28)21-19(13-29-23(21)26-24)18-11-10-15-6-4-5-9-17(15)12-18/h1-3,7-8,10-13H,4-6,9,14H2,(H,25,26,28). The molecule has 1 N–H and O–H groups in total. The molecule has 0 atom stereocenters. The third-order valence-electron chi connectivity index (χ3n) is 5.52. The molecule has 1 aliphatic rings. The Bertz CT molecular complexity index is 1290. The Morgan fingerprint density at radius 3 is 2.70 bits per heavy atom. The Hall–Kier alpha value is -2.70. The Kier molecular flexibility index (Phi) is 5.27. The second kappa shape index (κ2) is 8.20. The molecule has 0 unspecified atom stereocenters. The molecule has 0 spiro atoms. The molecule has 0 bridgehead atoms. The van der Waals surface area contributed by atoms with Gasteiger partial charge in [-0.15, -0.1) is 11.3 Å². The molecule has 0 radical (unpaired) electrons. The van der Waals surface area contributed by atoms with Crippen molar-refractivity contribution in [1.82, 2.24) is 9.97 Å². The third-order valence-corrected chi connectivity index (χ3v) is 7.26. The van der Waals surface area contributed by atoms with Gasteiger partial charge in [-0.1, -0.05) is 60.3 Å². The van der Waals surface area contributed by atoms with Gasteiger partial charge in [0, 0.05) is 16.5 Å². The maximum absolute atomic E-state index is 12.9. The molecule has 0 amide bonds. The topological polar surface area (TPSA) is 62.8 Å². The number of thioether (sulfide) groups is 1. The Morgan fingerprint density at radius 1 is 1.07 bits per heavy atom. The summed E-state index contributed by atoms with van der Waals surface area (Å²) < 4.78 is 0. The molecule has 4 aromatic rings. The number of aromatic nitrogens is 2. The Labute approximate surface area is 182 Å². The normalized spacial score (nSPS) is 13.3. The number of nitrogens with one attached hydrogen (secondary N) is 1. The second-order valence-corrected chi connectivity index (χ2v) is 9.29. The molecule has 2 aromatic heterocycles. The van der Waals surface area contributed by atoms with E-state index in [1.807, 2.05) is 23.6 Å². The van der Waals surface area contributed by atoms with Crippen molar-refractivity contribution in [2.75, 3.05) is 5.75 Å². The largest absolute Gasteiger partial charge is 0.301 e. The summed E-state index contributed by atoms with van der Waals surface area (Å²) in [5, 5.41) is 3.13. The zero-order valence-electron chi connectivity index (χ0n) is 16.3. The molecule has 4 nitrogen and oxygen atoms in total. The molecule has 5 rings (SSSR count). The highest BCUT2D eigenvalue weighted by Gasteiger charge is 2.16. The quantitative estimate of drug-likeness (QED) is 0.257. The molecule has 0 saturated carbocycles. The number of carbonyl (C=O) groups excluding carboxylic acids is 1. The van der Waals surface area contributed by atoms with E-state index in [-0.39, 0.29) is 17.1 Å². The highest BCUT2D eigenvalue weighted by Crippen LogP contribution is 2.34. The summed E-state index contributed by atoms with van der Waals surface area (Å²) in [5.74, 6) is 0.255. The lowest BCUT2D eigenvalue weighted by Gasteiger charge is -2.16. The number of Topliss-reactive ketones (excluding diaryl/α,β-unsaturated/α-hetero) is 1. The van der Waals surface area contributed by atoms with Gasteiger partial charge in [-0.25, -0.2) is 4.98 Å². The van der Waals surface area contributed by atoms with Gasteiger partial charge in [-0.3, -0.25) is 9.59 Å². The molecule has 2 heterocycles. The molecule has 0 saturated heterocycles. The first-order valence-corrected chi connectivity index (χ1v) is 11.9. The second-order valence-electron chi connectivity index (χ2n) is 7.47. The predicted octanol–water partition coefficient (Wildman–Crippen LogP) is 5.51. The van der Waals surface area contributed by atoms with E-state index >= 15 is 0 Å². The Balaban J connectivity index is 1.42. The van der Waals surface area contributed by atoms with Crippen LogP contribution in [0.15, 0.2) is 63.9 Å². The van der Waals surface area contributed by atoms with Crippen molar-refractivity contribution in [2.45, 2.75) is 30.8 Å². The van der Waals surface area contributed by atoms with Crippen LogP contribution in [-0.4, -0.2) is 21.5 Å². The number of thiophene rings is 1. The van der Waals surface area contributed by atoms with Crippen molar-refractivity contribution in [3.63, 3.8) is 0 Å².